The summed E-state index contributed by atoms with van der Waals surface area (Å²) in [7, 11) is 5.50. The van der Waals surface area contributed by atoms with E-state index in [2.05, 4.69) is 98.9 Å². The van der Waals surface area contributed by atoms with Gasteiger partial charge in [0.1, 0.15) is 6.61 Å². The second kappa shape index (κ2) is 42.2. The number of carboxylic acids is 1. The Balaban J connectivity index is 4.42. The Morgan fingerprint density at radius 3 is 1.43 bits per heavy atom. The number of aliphatic carboxylic acids is 1. The summed E-state index contributed by atoms with van der Waals surface area (Å²) in [6.45, 7) is 4.55. The summed E-state index contributed by atoms with van der Waals surface area (Å²) in [5.41, 5.74) is 0. The highest BCUT2D eigenvalue weighted by Gasteiger charge is 2.31. The Hall–Kier alpha value is -3.49. The number of rotatable bonds is 41. The van der Waals surface area contributed by atoms with Crippen LogP contribution >= 0.6 is 0 Å². The van der Waals surface area contributed by atoms with Crippen LogP contribution in [-0.4, -0.2) is 80.6 Å². The molecule has 1 N–H and O–H groups in total. The van der Waals surface area contributed by atoms with Gasteiger partial charge in [0, 0.05) is 19.3 Å². The lowest BCUT2D eigenvalue weighted by Gasteiger charge is -2.31. The number of unbranched alkanes of at least 4 members (excludes halogenated alkanes) is 13. The third-order valence-corrected chi connectivity index (χ3v) is 10.0. The number of hydrogen-bond donors (Lipinski definition) is 1. The predicted octanol–water partition coefficient (Wildman–Crippen LogP) is 13.3. The molecule has 0 radical (unpaired) electrons. The topological polar surface area (TPSA) is 99.1 Å². The minimum absolute atomic E-state index is 0.0375. The molecule has 342 valence electrons. The number of ether oxygens (including phenoxy) is 3. The summed E-state index contributed by atoms with van der Waals surface area (Å²) in [6.07, 6.45) is 54.8. The van der Waals surface area contributed by atoms with Crippen LogP contribution in [0.15, 0.2) is 85.1 Å². The average Bonchev–Trinajstić information content (AvgIpc) is 3.21. The van der Waals surface area contributed by atoms with Gasteiger partial charge >= 0.3 is 17.9 Å². The Morgan fingerprint density at radius 1 is 0.517 bits per heavy atom. The predicted molar refractivity (Wildman–Crippen MR) is 252 cm³/mol. The molecule has 0 heterocycles. The summed E-state index contributed by atoms with van der Waals surface area (Å²) in [4.78, 5) is 37.0. The molecular formula is C52H88NO7+. The number of quaternary nitrogens is 1. The first-order valence-electron chi connectivity index (χ1n) is 23.6. The highest BCUT2D eigenvalue weighted by molar-refractivity contribution is 5.72. The molecule has 60 heavy (non-hydrogen) atoms. The number of carboxylic acid groups (broad SMARTS) is 1. The van der Waals surface area contributed by atoms with Gasteiger partial charge in [-0.1, -0.05) is 150 Å². The van der Waals surface area contributed by atoms with Crippen LogP contribution in [0.1, 0.15) is 174 Å². The smallest absolute Gasteiger partial charge is 0.362 e. The highest BCUT2D eigenvalue weighted by Crippen LogP contribution is 2.13. The van der Waals surface area contributed by atoms with Gasteiger partial charge < -0.3 is 23.8 Å². The second-order valence-corrected chi connectivity index (χ2v) is 16.6. The number of likely N-dealkylation sites (N-methyl/N-ethyl adjacent to an activating group) is 1. The summed E-state index contributed by atoms with van der Waals surface area (Å²) in [6, 6.07) is -0.628. The average molecular weight is 839 g/mol. The minimum atomic E-state index is -0.886. The molecule has 0 aromatic carbocycles. The Kier molecular flexibility index (Phi) is 39.8. The van der Waals surface area contributed by atoms with Crippen molar-refractivity contribution in [2.75, 3.05) is 41.0 Å². The maximum atomic E-state index is 12.7. The van der Waals surface area contributed by atoms with Gasteiger partial charge in [-0.25, -0.2) is 4.79 Å². The maximum absolute atomic E-state index is 12.7. The van der Waals surface area contributed by atoms with Gasteiger partial charge in [0.05, 0.1) is 34.4 Å². The van der Waals surface area contributed by atoms with Gasteiger partial charge in [0.15, 0.2) is 12.1 Å². The van der Waals surface area contributed by atoms with Gasteiger partial charge in [-0.3, -0.25) is 9.59 Å². The minimum Gasteiger partial charge on any atom is -0.477 e. The summed E-state index contributed by atoms with van der Waals surface area (Å²) in [5, 5.41) is 9.63. The van der Waals surface area contributed by atoms with Crippen LogP contribution in [0.5, 0.6) is 0 Å². The third kappa shape index (κ3) is 39.9. The monoisotopic (exact) mass is 839 g/mol. The summed E-state index contributed by atoms with van der Waals surface area (Å²) >= 11 is 0. The van der Waals surface area contributed by atoms with Crippen molar-refractivity contribution < 1.29 is 38.2 Å². The molecule has 2 unspecified atom stereocenters. The van der Waals surface area contributed by atoms with E-state index < -0.39 is 18.1 Å². The number of nitrogens with zero attached hydrogens (tertiary/aromatic N) is 1. The van der Waals surface area contributed by atoms with E-state index in [0.29, 0.717) is 19.3 Å². The standard InChI is InChI=1S/C52H87NO7/c1-6-8-10-12-14-16-18-20-22-23-24-25-26-27-29-31-33-35-37-39-41-43-51(55)60-48(46-58-45-44-49(52(56)57)53(3,4)5)47-59-50(54)42-40-38-36-34-32-30-28-21-19-17-15-13-11-9-7-2/h8,10,14,16-17,19-20,22,24-25,27,29,33,35,48-49H,6-7,9,11-13,15,18,21,23,26,28,30-32,34,36-47H2,1-5H3/p+1/b10-8+,16-14+,19-17+,22-20+,25-24+,29-27+,35-33+. The molecule has 0 fully saturated rings. The molecule has 2 atom stereocenters. The molecule has 8 nitrogen and oxygen atoms in total. The first kappa shape index (κ1) is 56.5. The van der Waals surface area contributed by atoms with E-state index in [1.165, 1.54) is 64.2 Å². The van der Waals surface area contributed by atoms with Gasteiger partial charge in [-0.2, -0.15) is 0 Å². The van der Waals surface area contributed by atoms with Crippen molar-refractivity contribution in [3.05, 3.63) is 85.1 Å². The molecule has 0 bridgehead atoms. The second-order valence-electron chi connectivity index (χ2n) is 16.6. The molecule has 0 aromatic rings. The third-order valence-electron chi connectivity index (χ3n) is 10.0. The molecule has 0 aromatic heterocycles. The number of allylic oxidation sites excluding steroid dienone is 14. The lowest BCUT2D eigenvalue weighted by atomic mass is 10.1. The van der Waals surface area contributed by atoms with Gasteiger partial charge in [-0.15, -0.1) is 0 Å². The van der Waals surface area contributed by atoms with E-state index in [9.17, 15) is 19.5 Å². The molecule has 0 aliphatic rings. The van der Waals surface area contributed by atoms with Gasteiger partial charge in [0.2, 0.25) is 0 Å². The fourth-order valence-corrected chi connectivity index (χ4v) is 6.38. The Labute approximate surface area is 367 Å². The maximum Gasteiger partial charge on any atom is 0.362 e. The van der Waals surface area contributed by atoms with Crippen molar-refractivity contribution in [2.45, 2.75) is 187 Å². The lowest BCUT2D eigenvalue weighted by Crippen LogP contribution is -2.50. The number of carbonyl (C=O) groups is 3. The zero-order chi connectivity index (χ0) is 44.2. The van der Waals surface area contributed by atoms with E-state index in [-0.39, 0.29) is 42.7 Å². The van der Waals surface area contributed by atoms with E-state index >= 15 is 0 Å². The van der Waals surface area contributed by atoms with Crippen molar-refractivity contribution >= 4 is 17.9 Å². The Morgan fingerprint density at radius 2 is 0.933 bits per heavy atom. The quantitative estimate of drug-likeness (QED) is 0.0283. The van der Waals surface area contributed by atoms with E-state index in [1.807, 2.05) is 21.1 Å². The summed E-state index contributed by atoms with van der Waals surface area (Å²) in [5.74, 6) is -1.54. The highest BCUT2D eigenvalue weighted by atomic mass is 16.6. The zero-order valence-electron chi connectivity index (χ0n) is 38.9. The zero-order valence-corrected chi connectivity index (χ0v) is 38.9. The lowest BCUT2D eigenvalue weighted by molar-refractivity contribution is -0.887. The van der Waals surface area contributed by atoms with Gasteiger partial charge in [0.25, 0.3) is 0 Å². The van der Waals surface area contributed by atoms with E-state index in [4.69, 9.17) is 14.2 Å². The van der Waals surface area contributed by atoms with E-state index in [0.717, 1.165) is 70.6 Å². The van der Waals surface area contributed by atoms with E-state index in [1.54, 1.807) is 0 Å². The van der Waals surface area contributed by atoms with Crippen LogP contribution in [0, 0.1) is 0 Å². The number of hydrogen-bond acceptors (Lipinski definition) is 6. The Bertz CT molecular complexity index is 1250. The van der Waals surface area contributed by atoms with Crippen molar-refractivity contribution in [3.8, 4) is 0 Å². The molecular weight excluding hydrogens is 751 g/mol. The number of carbonyl (C=O) groups excluding carboxylic acids is 2. The van der Waals surface area contributed by atoms with Crippen LogP contribution < -0.4 is 0 Å². The van der Waals surface area contributed by atoms with Crippen LogP contribution in [0.25, 0.3) is 0 Å². The molecule has 0 saturated carbocycles. The molecule has 0 spiro atoms. The molecule has 0 aliphatic carbocycles. The molecule has 8 heteroatoms. The fraction of sp³-hybridized carbons (Fsp3) is 0.673. The first-order chi connectivity index (χ1) is 29.1. The normalized spacial score (nSPS) is 13.7. The van der Waals surface area contributed by atoms with Crippen LogP contribution in [0.2, 0.25) is 0 Å². The molecule has 0 aliphatic heterocycles. The summed E-state index contributed by atoms with van der Waals surface area (Å²) < 4.78 is 17.3. The number of esters is 2. The first-order valence-corrected chi connectivity index (χ1v) is 23.6. The SMILES string of the molecule is CC/C=C/C/C=C/C/C=C/C/C=C/C/C=C/C/C=C/CCCCC(=O)OC(COCCC(C(=O)O)[N+](C)(C)C)COC(=O)CCCCCCCCC/C=C/CCCCCC. The van der Waals surface area contributed by atoms with Crippen molar-refractivity contribution in [3.63, 3.8) is 0 Å². The van der Waals surface area contributed by atoms with Crippen molar-refractivity contribution in [1.82, 2.24) is 0 Å². The van der Waals surface area contributed by atoms with Crippen LogP contribution in [-0.2, 0) is 28.6 Å². The van der Waals surface area contributed by atoms with Crippen molar-refractivity contribution in [1.29, 1.82) is 0 Å². The fourth-order valence-electron chi connectivity index (χ4n) is 6.38. The largest absolute Gasteiger partial charge is 0.477 e. The molecule has 0 rings (SSSR count). The van der Waals surface area contributed by atoms with Crippen LogP contribution in [0.3, 0.4) is 0 Å². The van der Waals surface area contributed by atoms with Gasteiger partial charge in [-0.05, 0) is 89.9 Å². The molecule has 0 saturated heterocycles. The molecule has 0 amide bonds. The van der Waals surface area contributed by atoms with Crippen molar-refractivity contribution in [2.24, 2.45) is 0 Å². The van der Waals surface area contributed by atoms with Crippen LogP contribution in [0.4, 0.5) is 0 Å².